The number of ether oxygens (including phenoxy) is 4. The van der Waals surface area contributed by atoms with Gasteiger partial charge >= 0.3 is 0 Å². The molecule has 11 N–H and O–H groups in total. The third-order valence-electron chi connectivity index (χ3n) is 16.7. The summed E-state index contributed by atoms with van der Waals surface area (Å²) in [5, 5.41) is 116. The summed E-state index contributed by atoms with van der Waals surface area (Å²) in [5.74, 6) is 0.434. The summed E-state index contributed by atoms with van der Waals surface area (Å²) in [5.41, 5.74) is -0.959. The van der Waals surface area contributed by atoms with Crippen molar-refractivity contribution in [2.75, 3.05) is 13.2 Å². The first-order valence-corrected chi connectivity index (χ1v) is 21.1. The van der Waals surface area contributed by atoms with Gasteiger partial charge in [-0.25, -0.2) is 0 Å². The minimum atomic E-state index is -1.67. The van der Waals surface area contributed by atoms with Crippen molar-refractivity contribution in [1.29, 1.82) is 0 Å². The van der Waals surface area contributed by atoms with Crippen molar-refractivity contribution in [3.63, 3.8) is 0 Å². The molecule has 2 heterocycles. The third kappa shape index (κ3) is 7.49. The largest absolute Gasteiger partial charge is 0.394 e. The van der Waals surface area contributed by atoms with Gasteiger partial charge in [0.15, 0.2) is 12.6 Å². The molecule has 3 saturated carbocycles. The quantitative estimate of drug-likeness (QED) is 0.124. The number of fused-ring (bicyclic) bond motifs is 5. The van der Waals surface area contributed by atoms with Crippen LogP contribution in [0.1, 0.15) is 100 Å². The van der Waals surface area contributed by atoms with Gasteiger partial charge < -0.3 is 75.1 Å². The summed E-state index contributed by atoms with van der Waals surface area (Å²) in [7, 11) is 0. The maximum atomic E-state index is 11.4. The second-order valence-corrected chi connectivity index (χ2v) is 20.4. The normalized spacial score (nSPS) is 49.5. The molecule has 0 aromatic rings. The van der Waals surface area contributed by atoms with Crippen LogP contribution in [0, 0.1) is 45.3 Å². The Morgan fingerprint density at radius 3 is 1.96 bits per heavy atom. The zero-order valence-corrected chi connectivity index (χ0v) is 34.9. The minimum Gasteiger partial charge on any atom is -0.394 e. The summed E-state index contributed by atoms with van der Waals surface area (Å²) in [6.07, 6.45) is -11.0. The zero-order valence-electron chi connectivity index (χ0n) is 34.9. The summed E-state index contributed by atoms with van der Waals surface area (Å²) >= 11 is 0. The second-order valence-electron chi connectivity index (χ2n) is 20.4. The van der Waals surface area contributed by atoms with Gasteiger partial charge in [0.1, 0.15) is 61.0 Å². The lowest BCUT2D eigenvalue weighted by Gasteiger charge is -2.66. The van der Waals surface area contributed by atoms with Gasteiger partial charge in [0.2, 0.25) is 0 Å². The molecular weight excluding hydrogens is 744 g/mol. The van der Waals surface area contributed by atoms with Crippen LogP contribution in [0.2, 0.25) is 0 Å². The summed E-state index contributed by atoms with van der Waals surface area (Å²) in [6.45, 7) is 15.2. The molecule has 21 atom stereocenters. The highest BCUT2D eigenvalue weighted by Gasteiger charge is 2.68. The van der Waals surface area contributed by atoms with E-state index < -0.39 is 110 Å². The fraction of sp³-hybridized carbons (Fsp3) is 0.952. The third-order valence-corrected chi connectivity index (χ3v) is 16.7. The average Bonchev–Trinajstić information content (AvgIpc) is 3.43. The van der Waals surface area contributed by atoms with Crippen LogP contribution in [0.15, 0.2) is 11.6 Å². The molecule has 0 radical (unpaired) electrons. The van der Waals surface area contributed by atoms with E-state index in [0.29, 0.717) is 12.3 Å². The number of hydrogen-bond donors (Lipinski definition) is 11. The monoisotopic (exact) mass is 816 g/mol. The number of aliphatic hydroxyl groups excluding tert-OH is 10. The standard InChI is InChI=1S/C42H72O15/c1-19(27(44)32(49)35(52)39(4,5)53)20-13-14-42(8)25-11-9-21-22(40(25,6)15-16-41(20,42)7)10-12-26(38(21,2)3)57-37-34(51)31(48)29(46)24(56-37)18-54-36-33(50)30(47)28(45)23(17-43)55-36/h9,19-20,22-37,43-53H,10-18H2,1-8H3/t19-,20-,22+,23?,24?,25-,26+,27?,28-,29-,30?,31?,32+,33?,34?,35-,36-,37+,40+,41-,42-/m0/s1. The number of hydrogen-bond acceptors (Lipinski definition) is 15. The van der Waals surface area contributed by atoms with E-state index in [2.05, 4.69) is 40.7 Å². The molecule has 330 valence electrons. The molecule has 2 saturated heterocycles. The van der Waals surface area contributed by atoms with E-state index in [-0.39, 0.29) is 34.0 Å². The fourth-order valence-electron chi connectivity index (χ4n) is 12.7. The lowest BCUT2D eigenvalue weighted by Crippen LogP contribution is -2.63. The van der Waals surface area contributed by atoms with Gasteiger partial charge in [0.25, 0.3) is 0 Å². The van der Waals surface area contributed by atoms with Crippen molar-refractivity contribution in [2.24, 2.45) is 45.3 Å². The molecule has 4 aliphatic carbocycles. The molecule has 0 spiro atoms. The van der Waals surface area contributed by atoms with E-state index >= 15 is 0 Å². The highest BCUT2D eigenvalue weighted by Crippen LogP contribution is 2.75. The highest BCUT2D eigenvalue weighted by molar-refractivity contribution is 5.30. The molecule has 7 unspecified atom stereocenters. The summed E-state index contributed by atoms with van der Waals surface area (Å²) in [6, 6.07) is 0. The Hall–Kier alpha value is -0.860. The molecule has 0 aromatic heterocycles. The molecule has 6 rings (SSSR count). The van der Waals surface area contributed by atoms with Crippen molar-refractivity contribution in [1.82, 2.24) is 0 Å². The molecule has 2 aliphatic heterocycles. The van der Waals surface area contributed by atoms with Crippen molar-refractivity contribution in [3.8, 4) is 0 Å². The SMILES string of the molecule is C[C@H](C(O)[C@@H](O)[C@H](O)C(C)(C)O)[C@@H]1CC[C@@]2(C)[C@H]3CC=C4[C@@H](CC[C@@H](O[C@H]5OC(CO[C@H]6OC(CO)[C@H](O)C(O)C6O)[C@H](O)C(O)C5O)C4(C)C)[C@@]3(C)CC[C@@]12C. The first kappa shape index (κ1) is 45.7. The van der Waals surface area contributed by atoms with Gasteiger partial charge in [-0.05, 0) is 98.7 Å². The van der Waals surface area contributed by atoms with Crippen LogP contribution in [0.25, 0.3) is 0 Å². The Morgan fingerprint density at radius 1 is 0.754 bits per heavy atom. The van der Waals surface area contributed by atoms with E-state index in [9.17, 15) is 56.2 Å². The molecule has 57 heavy (non-hydrogen) atoms. The van der Waals surface area contributed by atoms with E-state index in [1.165, 1.54) is 19.4 Å². The lowest BCUT2D eigenvalue weighted by molar-refractivity contribution is -0.340. The maximum Gasteiger partial charge on any atom is 0.187 e. The van der Waals surface area contributed by atoms with Crippen molar-refractivity contribution in [2.45, 2.75) is 192 Å². The van der Waals surface area contributed by atoms with Crippen molar-refractivity contribution < 1.29 is 75.1 Å². The van der Waals surface area contributed by atoms with E-state index in [1.807, 2.05) is 6.92 Å². The summed E-state index contributed by atoms with van der Waals surface area (Å²) < 4.78 is 23.6. The molecule has 6 aliphatic rings. The van der Waals surface area contributed by atoms with Crippen LogP contribution in [0.4, 0.5) is 0 Å². The lowest BCUT2D eigenvalue weighted by atomic mass is 9.39. The Labute approximate surface area is 336 Å². The van der Waals surface area contributed by atoms with Gasteiger partial charge in [-0.3, -0.25) is 0 Å². The Morgan fingerprint density at radius 2 is 1.35 bits per heavy atom. The van der Waals surface area contributed by atoms with Crippen LogP contribution in [0.5, 0.6) is 0 Å². The van der Waals surface area contributed by atoms with Crippen LogP contribution in [0.3, 0.4) is 0 Å². The fourth-order valence-corrected chi connectivity index (χ4v) is 12.7. The van der Waals surface area contributed by atoms with Crippen LogP contribution in [-0.4, -0.2) is 161 Å². The molecule has 0 aromatic carbocycles. The van der Waals surface area contributed by atoms with Gasteiger partial charge in [-0.1, -0.05) is 53.2 Å². The molecule has 0 amide bonds. The average molecular weight is 817 g/mol. The molecule has 15 heteroatoms. The molecule has 5 fully saturated rings. The second kappa shape index (κ2) is 16.1. The van der Waals surface area contributed by atoms with Gasteiger partial charge in [0.05, 0.1) is 31.0 Å². The highest BCUT2D eigenvalue weighted by atomic mass is 16.7. The predicted octanol–water partition coefficient (Wildman–Crippen LogP) is 0.0906. The van der Waals surface area contributed by atoms with E-state index in [1.54, 1.807) is 0 Å². The van der Waals surface area contributed by atoms with E-state index in [4.69, 9.17) is 18.9 Å². The Bertz CT molecular complexity index is 1440. The zero-order chi connectivity index (χ0) is 42.4. The number of aliphatic hydroxyl groups is 11. The van der Waals surface area contributed by atoms with Gasteiger partial charge in [0, 0.05) is 5.41 Å². The molecule has 0 bridgehead atoms. The summed E-state index contributed by atoms with van der Waals surface area (Å²) in [4.78, 5) is 0. The maximum absolute atomic E-state index is 11.4. The Balaban J connectivity index is 1.15. The minimum absolute atomic E-state index is 0.0258. The Kier molecular flexibility index (Phi) is 12.9. The number of rotatable bonds is 11. The van der Waals surface area contributed by atoms with Crippen LogP contribution >= 0.6 is 0 Å². The first-order chi connectivity index (χ1) is 26.4. The van der Waals surface area contributed by atoms with Crippen LogP contribution < -0.4 is 0 Å². The first-order valence-electron chi connectivity index (χ1n) is 21.1. The van der Waals surface area contributed by atoms with Gasteiger partial charge in [-0.15, -0.1) is 0 Å². The number of allylic oxidation sites excluding steroid dienone is 1. The molecule has 15 nitrogen and oxygen atoms in total. The molecular formula is C42H72O15. The van der Waals surface area contributed by atoms with E-state index in [0.717, 1.165) is 38.5 Å². The van der Waals surface area contributed by atoms with Crippen LogP contribution in [-0.2, 0) is 18.9 Å². The van der Waals surface area contributed by atoms with Crippen molar-refractivity contribution in [3.05, 3.63) is 11.6 Å². The van der Waals surface area contributed by atoms with Gasteiger partial charge in [-0.2, -0.15) is 0 Å². The predicted molar refractivity (Wildman–Crippen MR) is 204 cm³/mol. The topological polar surface area (TPSA) is 259 Å². The van der Waals surface area contributed by atoms with Crippen molar-refractivity contribution >= 4 is 0 Å². The smallest absolute Gasteiger partial charge is 0.187 e.